The molecule has 1 aromatic rings. The fourth-order valence-electron chi connectivity index (χ4n) is 1.37. The van der Waals surface area contributed by atoms with Gasteiger partial charge in [-0.05, 0) is 29.7 Å². The molecule has 4 heteroatoms. The molecule has 0 aliphatic carbocycles. The molecule has 0 saturated carbocycles. The summed E-state index contributed by atoms with van der Waals surface area (Å²) in [4.78, 5) is 0. The van der Waals surface area contributed by atoms with E-state index in [1.54, 1.807) is 13.0 Å². The number of rotatable bonds is 3. The lowest BCUT2D eigenvalue weighted by Gasteiger charge is -2.14. The zero-order chi connectivity index (χ0) is 10.7. The summed E-state index contributed by atoms with van der Waals surface area (Å²) in [5.41, 5.74) is 12.8. The Morgan fingerprint density at radius 2 is 2.14 bits per heavy atom. The summed E-state index contributed by atoms with van der Waals surface area (Å²) in [5, 5.41) is 9.06. The molecule has 0 unspecified atom stereocenters. The van der Waals surface area contributed by atoms with Crippen molar-refractivity contribution in [3.63, 3.8) is 0 Å². The van der Waals surface area contributed by atoms with Crippen LogP contribution in [0.1, 0.15) is 22.7 Å². The van der Waals surface area contributed by atoms with Crippen molar-refractivity contribution in [3.05, 3.63) is 34.6 Å². The van der Waals surface area contributed by atoms with Crippen molar-refractivity contribution in [2.75, 3.05) is 6.54 Å². The topological polar surface area (TPSA) is 72.3 Å². The highest BCUT2D eigenvalue weighted by molar-refractivity contribution is 5.34. The van der Waals surface area contributed by atoms with Gasteiger partial charge in [0.25, 0.3) is 0 Å². The van der Waals surface area contributed by atoms with Gasteiger partial charge in [-0.3, -0.25) is 0 Å². The Morgan fingerprint density at radius 1 is 1.50 bits per heavy atom. The predicted molar refractivity (Wildman–Crippen MR) is 53.0 cm³/mol. The van der Waals surface area contributed by atoms with Gasteiger partial charge in [0, 0.05) is 12.6 Å². The predicted octanol–water partition coefficient (Wildman–Crippen LogP) is 0.585. The van der Waals surface area contributed by atoms with Crippen molar-refractivity contribution in [1.82, 2.24) is 0 Å². The van der Waals surface area contributed by atoms with Crippen molar-refractivity contribution in [3.8, 4) is 0 Å². The number of aliphatic hydroxyl groups excluding tert-OH is 1. The lowest BCUT2D eigenvalue weighted by molar-refractivity contribution is 0.279. The van der Waals surface area contributed by atoms with Crippen LogP contribution in [0.4, 0.5) is 4.39 Å². The number of hydrogen-bond acceptors (Lipinski definition) is 3. The van der Waals surface area contributed by atoms with Crippen molar-refractivity contribution in [2.24, 2.45) is 11.5 Å². The van der Waals surface area contributed by atoms with E-state index in [1.165, 1.54) is 6.07 Å². The molecule has 1 rings (SSSR count). The van der Waals surface area contributed by atoms with E-state index in [9.17, 15) is 4.39 Å². The summed E-state index contributed by atoms with van der Waals surface area (Å²) in [5.74, 6) is -0.318. The van der Waals surface area contributed by atoms with Crippen LogP contribution in [0.2, 0.25) is 0 Å². The normalized spacial score (nSPS) is 12.9. The van der Waals surface area contributed by atoms with Gasteiger partial charge < -0.3 is 16.6 Å². The standard InChI is InChI=1S/C10H15FN2O/c1-6-2-7(5-14)8(3-9(6)11)10(13)4-12/h2-3,10,14H,4-5,12-13H2,1H3/t10-/m1/s1. The molecule has 0 aliphatic rings. The summed E-state index contributed by atoms with van der Waals surface area (Å²) >= 11 is 0. The lowest BCUT2D eigenvalue weighted by Crippen LogP contribution is -2.22. The molecule has 0 bridgehead atoms. The fraction of sp³-hybridized carbons (Fsp3) is 0.400. The molecule has 14 heavy (non-hydrogen) atoms. The fourth-order valence-corrected chi connectivity index (χ4v) is 1.37. The quantitative estimate of drug-likeness (QED) is 0.665. The average Bonchev–Trinajstić information content (AvgIpc) is 2.20. The van der Waals surface area contributed by atoms with Crippen LogP contribution >= 0.6 is 0 Å². The number of hydrogen-bond donors (Lipinski definition) is 3. The highest BCUT2D eigenvalue weighted by Gasteiger charge is 2.12. The van der Waals surface area contributed by atoms with Crippen LogP contribution in [0, 0.1) is 12.7 Å². The summed E-state index contributed by atoms with van der Waals surface area (Å²) in [6, 6.07) is 2.52. The third kappa shape index (κ3) is 2.09. The molecule has 0 spiro atoms. The van der Waals surface area contributed by atoms with Crippen LogP contribution in [0.3, 0.4) is 0 Å². The first-order chi connectivity index (χ1) is 6.60. The Morgan fingerprint density at radius 3 is 2.64 bits per heavy atom. The van der Waals surface area contributed by atoms with Gasteiger partial charge in [-0.1, -0.05) is 6.07 Å². The maximum Gasteiger partial charge on any atom is 0.126 e. The average molecular weight is 198 g/mol. The Bertz CT molecular complexity index is 328. The van der Waals surface area contributed by atoms with E-state index in [-0.39, 0.29) is 19.0 Å². The minimum atomic E-state index is -0.424. The van der Waals surface area contributed by atoms with E-state index >= 15 is 0 Å². The monoisotopic (exact) mass is 198 g/mol. The van der Waals surface area contributed by atoms with Crippen LogP contribution in [0.25, 0.3) is 0 Å². The number of aliphatic hydroxyl groups is 1. The van der Waals surface area contributed by atoms with E-state index in [1.807, 2.05) is 0 Å². The van der Waals surface area contributed by atoms with E-state index < -0.39 is 6.04 Å². The summed E-state index contributed by atoms with van der Waals surface area (Å²) in [6.07, 6.45) is 0. The summed E-state index contributed by atoms with van der Waals surface area (Å²) in [6.45, 7) is 1.73. The zero-order valence-electron chi connectivity index (χ0n) is 8.13. The Kier molecular flexibility index (Phi) is 3.57. The van der Waals surface area contributed by atoms with Gasteiger partial charge in [0.05, 0.1) is 6.61 Å². The third-order valence-corrected chi connectivity index (χ3v) is 2.24. The number of halogens is 1. The van der Waals surface area contributed by atoms with Crippen molar-refractivity contribution in [1.29, 1.82) is 0 Å². The van der Waals surface area contributed by atoms with Crippen LogP contribution in [0.15, 0.2) is 12.1 Å². The molecule has 0 fully saturated rings. The second kappa shape index (κ2) is 4.50. The first kappa shape index (κ1) is 11.1. The van der Waals surface area contributed by atoms with E-state index in [2.05, 4.69) is 0 Å². The maximum absolute atomic E-state index is 13.2. The van der Waals surface area contributed by atoms with E-state index in [0.717, 1.165) is 0 Å². The lowest BCUT2D eigenvalue weighted by atomic mass is 9.99. The van der Waals surface area contributed by atoms with Crippen molar-refractivity contribution < 1.29 is 9.50 Å². The Hall–Kier alpha value is -0.970. The summed E-state index contributed by atoms with van der Waals surface area (Å²) in [7, 11) is 0. The second-order valence-corrected chi connectivity index (χ2v) is 3.30. The van der Waals surface area contributed by atoms with Gasteiger partial charge in [-0.2, -0.15) is 0 Å². The molecule has 0 heterocycles. The highest BCUT2D eigenvalue weighted by Crippen LogP contribution is 2.20. The second-order valence-electron chi connectivity index (χ2n) is 3.30. The first-order valence-electron chi connectivity index (χ1n) is 4.45. The van der Waals surface area contributed by atoms with Crippen LogP contribution < -0.4 is 11.5 Å². The van der Waals surface area contributed by atoms with Gasteiger partial charge in [0.15, 0.2) is 0 Å². The number of aryl methyl sites for hydroxylation is 1. The molecule has 0 aliphatic heterocycles. The smallest absolute Gasteiger partial charge is 0.126 e. The van der Waals surface area contributed by atoms with Gasteiger partial charge >= 0.3 is 0 Å². The molecule has 78 valence electrons. The van der Waals surface area contributed by atoms with E-state index in [0.29, 0.717) is 16.7 Å². The maximum atomic E-state index is 13.2. The van der Waals surface area contributed by atoms with Gasteiger partial charge in [0.2, 0.25) is 0 Å². The third-order valence-electron chi connectivity index (χ3n) is 2.24. The Balaban J connectivity index is 3.19. The van der Waals surface area contributed by atoms with Crippen molar-refractivity contribution >= 4 is 0 Å². The minimum Gasteiger partial charge on any atom is -0.392 e. The molecule has 0 radical (unpaired) electrons. The van der Waals surface area contributed by atoms with Gasteiger partial charge in [0.1, 0.15) is 5.82 Å². The van der Waals surface area contributed by atoms with Gasteiger partial charge in [-0.15, -0.1) is 0 Å². The molecule has 0 amide bonds. The van der Waals surface area contributed by atoms with Crippen LogP contribution in [-0.2, 0) is 6.61 Å². The molecule has 1 aromatic carbocycles. The summed E-state index contributed by atoms with van der Waals surface area (Å²) < 4.78 is 13.2. The zero-order valence-corrected chi connectivity index (χ0v) is 8.13. The number of benzene rings is 1. The van der Waals surface area contributed by atoms with Crippen LogP contribution in [0.5, 0.6) is 0 Å². The minimum absolute atomic E-state index is 0.149. The Labute approximate surface area is 82.5 Å². The molecule has 3 nitrogen and oxygen atoms in total. The first-order valence-corrected chi connectivity index (χ1v) is 4.45. The highest BCUT2D eigenvalue weighted by atomic mass is 19.1. The van der Waals surface area contributed by atoms with E-state index in [4.69, 9.17) is 16.6 Å². The van der Waals surface area contributed by atoms with Gasteiger partial charge in [-0.25, -0.2) is 4.39 Å². The molecular weight excluding hydrogens is 183 g/mol. The molecule has 0 saturated heterocycles. The molecule has 1 atom stereocenters. The van der Waals surface area contributed by atoms with Crippen LogP contribution in [-0.4, -0.2) is 11.7 Å². The SMILES string of the molecule is Cc1cc(CO)c([C@H](N)CN)cc1F. The molecule has 0 aromatic heterocycles. The molecular formula is C10H15FN2O. The molecule has 5 N–H and O–H groups in total. The van der Waals surface area contributed by atoms with Crippen molar-refractivity contribution in [2.45, 2.75) is 19.6 Å². The largest absolute Gasteiger partial charge is 0.392 e. The number of nitrogens with two attached hydrogens (primary N) is 2.